The first kappa shape index (κ1) is 20.5. The summed E-state index contributed by atoms with van der Waals surface area (Å²) in [6.45, 7) is 6.99. The molecule has 7 heteroatoms. The summed E-state index contributed by atoms with van der Waals surface area (Å²) >= 11 is 0. The normalized spacial score (nSPS) is 17.6. The van der Waals surface area contributed by atoms with Gasteiger partial charge in [-0.2, -0.15) is 0 Å². The summed E-state index contributed by atoms with van der Waals surface area (Å²) in [5.74, 6) is 0.905. The molecule has 7 nitrogen and oxygen atoms in total. The Morgan fingerprint density at radius 2 is 1.62 bits per heavy atom. The Balaban J connectivity index is 1.13. The molecule has 2 aliphatic rings. The molecule has 166 valence electrons. The third-order valence-electron chi connectivity index (χ3n) is 6.51. The lowest BCUT2D eigenvalue weighted by Crippen LogP contribution is -2.51. The number of hydrogen-bond donors (Lipinski definition) is 0. The number of hydrogen-bond acceptors (Lipinski definition) is 6. The molecule has 1 aromatic heterocycles. The predicted molar refractivity (Wildman–Crippen MR) is 125 cm³/mol. The average Bonchev–Trinajstić information content (AvgIpc) is 3.35. The van der Waals surface area contributed by atoms with Crippen LogP contribution in [0.5, 0.6) is 0 Å². The van der Waals surface area contributed by atoms with Gasteiger partial charge in [-0.15, -0.1) is 5.10 Å². The highest BCUT2D eigenvalue weighted by Gasteiger charge is 2.31. The predicted octanol–water partition coefficient (Wildman–Crippen LogP) is 3.61. The van der Waals surface area contributed by atoms with E-state index in [-0.39, 0.29) is 5.92 Å². The largest absolute Gasteiger partial charge is 0.403 e. The lowest BCUT2D eigenvalue weighted by atomic mass is 9.95. The molecule has 3 aromatic rings. The van der Waals surface area contributed by atoms with Crippen LogP contribution < -0.4 is 9.80 Å². The molecule has 0 bridgehead atoms. The smallest absolute Gasteiger partial charge is 0.318 e. The highest BCUT2D eigenvalue weighted by Crippen LogP contribution is 2.27. The van der Waals surface area contributed by atoms with Gasteiger partial charge in [0.1, 0.15) is 0 Å². The van der Waals surface area contributed by atoms with Crippen molar-refractivity contribution in [2.45, 2.75) is 19.8 Å². The maximum absolute atomic E-state index is 13.1. The van der Waals surface area contributed by atoms with E-state index in [9.17, 15) is 4.79 Å². The third kappa shape index (κ3) is 4.33. The minimum absolute atomic E-state index is 0.0771. The van der Waals surface area contributed by atoms with E-state index in [1.807, 2.05) is 35.2 Å². The molecular weight excluding hydrogens is 402 g/mol. The Hall–Kier alpha value is -3.35. The van der Waals surface area contributed by atoms with E-state index in [4.69, 9.17) is 4.42 Å². The molecule has 0 unspecified atom stereocenters. The van der Waals surface area contributed by atoms with Crippen LogP contribution in [0, 0.1) is 12.8 Å². The number of aryl methyl sites for hydroxylation is 1. The summed E-state index contributed by atoms with van der Waals surface area (Å²) in [5, 5.41) is 8.42. The Labute approximate surface area is 188 Å². The fourth-order valence-corrected chi connectivity index (χ4v) is 4.63. The summed E-state index contributed by atoms with van der Waals surface area (Å²) < 4.78 is 5.89. The van der Waals surface area contributed by atoms with Crippen LogP contribution in [-0.2, 0) is 4.79 Å². The zero-order valence-corrected chi connectivity index (χ0v) is 18.5. The highest BCUT2D eigenvalue weighted by atomic mass is 16.4. The molecule has 2 saturated heterocycles. The van der Waals surface area contributed by atoms with Crippen molar-refractivity contribution in [1.82, 2.24) is 15.1 Å². The van der Waals surface area contributed by atoms with Gasteiger partial charge in [-0.1, -0.05) is 35.4 Å². The van der Waals surface area contributed by atoms with Crippen molar-refractivity contribution in [3.05, 3.63) is 60.2 Å². The van der Waals surface area contributed by atoms with Crippen LogP contribution in [-0.4, -0.2) is 60.3 Å². The average molecular weight is 432 g/mol. The first-order chi connectivity index (χ1) is 15.7. The minimum Gasteiger partial charge on any atom is -0.403 e. The molecule has 0 saturated carbocycles. The lowest BCUT2D eigenvalue weighted by Gasteiger charge is -2.39. The van der Waals surface area contributed by atoms with Crippen LogP contribution in [0.4, 0.5) is 11.7 Å². The number of rotatable bonds is 4. The van der Waals surface area contributed by atoms with Crippen molar-refractivity contribution in [1.29, 1.82) is 0 Å². The Kier molecular flexibility index (Phi) is 5.79. The van der Waals surface area contributed by atoms with E-state index in [0.29, 0.717) is 17.8 Å². The number of piperazine rings is 1. The van der Waals surface area contributed by atoms with E-state index in [1.54, 1.807) is 0 Å². The highest BCUT2D eigenvalue weighted by molar-refractivity contribution is 5.79. The molecule has 3 heterocycles. The van der Waals surface area contributed by atoms with Crippen molar-refractivity contribution in [3.63, 3.8) is 0 Å². The van der Waals surface area contributed by atoms with Crippen molar-refractivity contribution >= 4 is 17.6 Å². The molecule has 0 radical (unpaired) electrons. The van der Waals surface area contributed by atoms with Gasteiger partial charge in [0.05, 0.1) is 0 Å². The van der Waals surface area contributed by atoms with Crippen molar-refractivity contribution < 1.29 is 9.21 Å². The van der Waals surface area contributed by atoms with Crippen LogP contribution in [0.2, 0.25) is 0 Å². The second-order valence-electron chi connectivity index (χ2n) is 8.67. The summed E-state index contributed by atoms with van der Waals surface area (Å²) in [7, 11) is 0. The molecule has 2 aliphatic heterocycles. The van der Waals surface area contributed by atoms with Crippen molar-refractivity contribution in [2.24, 2.45) is 5.92 Å². The van der Waals surface area contributed by atoms with E-state index in [2.05, 4.69) is 51.2 Å². The number of amides is 1. The minimum atomic E-state index is 0.0771. The van der Waals surface area contributed by atoms with Crippen molar-refractivity contribution in [3.8, 4) is 11.5 Å². The molecule has 2 aromatic carbocycles. The first-order valence-corrected chi connectivity index (χ1v) is 11.4. The fraction of sp³-hybridized carbons (Fsp3) is 0.400. The van der Waals surface area contributed by atoms with Crippen molar-refractivity contribution in [2.75, 3.05) is 49.1 Å². The van der Waals surface area contributed by atoms with Gasteiger partial charge in [0.25, 0.3) is 0 Å². The summed E-state index contributed by atoms with van der Waals surface area (Å²) in [6, 6.07) is 18.9. The quantitative estimate of drug-likeness (QED) is 0.629. The summed E-state index contributed by atoms with van der Waals surface area (Å²) in [5.41, 5.74) is 3.44. The zero-order valence-electron chi connectivity index (χ0n) is 18.5. The fourth-order valence-electron chi connectivity index (χ4n) is 4.63. The van der Waals surface area contributed by atoms with Crippen LogP contribution in [0.15, 0.2) is 59.0 Å². The second-order valence-corrected chi connectivity index (χ2v) is 8.67. The van der Waals surface area contributed by atoms with Crippen LogP contribution in [0.25, 0.3) is 11.5 Å². The van der Waals surface area contributed by atoms with Gasteiger partial charge in [-0.3, -0.25) is 4.79 Å². The van der Waals surface area contributed by atoms with E-state index < -0.39 is 0 Å². The molecule has 2 fully saturated rings. The third-order valence-corrected chi connectivity index (χ3v) is 6.51. The number of carbonyl (C=O) groups is 1. The standard InChI is InChI=1S/C25H29N5O2/c1-19-6-5-9-22(18-19)28-14-16-29(17-15-28)24(31)21-10-12-30(13-11-21)25-27-26-23(32-25)20-7-3-2-4-8-20/h2-9,18,21H,10-17H2,1H3. The SMILES string of the molecule is Cc1cccc(N2CCN(C(=O)C3CCN(c4nnc(-c5ccccc5)o4)CC3)CC2)c1. The van der Waals surface area contributed by atoms with E-state index >= 15 is 0 Å². The molecule has 0 aliphatic carbocycles. The number of anilines is 2. The maximum Gasteiger partial charge on any atom is 0.318 e. The molecule has 0 N–H and O–H groups in total. The van der Waals surface area contributed by atoms with Gasteiger partial charge < -0.3 is 19.1 Å². The van der Waals surface area contributed by atoms with Gasteiger partial charge in [0, 0.05) is 56.4 Å². The molecule has 1 amide bonds. The topological polar surface area (TPSA) is 65.7 Å². The first-order valence-electron chi connectivity index (χ1n) is 11.4. The van der Waals surface area contributed by atoms with Gasteiger partial charge >= 0.3 is 6.01 Å². The number of aromatic nitrogens is 2. The Bertz CT molecular complexity index is 1050. The van der Waals surface area contributed by atoms with Crippen LogP contribution in [0.1, 0.15) is 18.4 Å². The maximum atomic E-state index is 13.1. The Morgan fingerprint density at radius 1 is 0.875 bits per heavy atom. The molecule has 0 atom stereocenters. The molecular formula is C25H29N5O2. The van der Waals surface area contributed by atoms with E-state index in [0.717, 1.165) is 57.7 Å². The number of piperidine rings is 1. The van der Waals surface area contributed by atoms with E-state index in [1.165, 1.54) is 11.3 Å². The molecule has 5 rings (SSSR count). The van der Waals surface area contributed by atoms with Gasteiger partial charge in [0.15, 0.2) is 0 Å². The van der Waals surface area contributed by atoms with Gasteiger partial charge in [-0.25, -0.2) is 0 Å². The summed E-state index contributed by atoms with van der Waals surface area (Å²) in [6.07, 6.45) is 1.64. The zero-order chi connectivity index (χ0) is 21.9. The molecule has 0 spiro atoms. The molecule has 32 heavy (non-hydrogen) atoms. The number of benzene rings is 2. The number of nitrogens with zero attached hydrogens (tertiary/aromatic N) is 5. The Morgan fingerprint density at radius 3 is 2.34 bits per heavy atom. The lowest BCUT2D eigenvalue weighted by molar-refractivity contribution is -0.136. The van der Waals surface area contributed by atoms with Gasteiger partial charge in [-0.05, 0) is 49.6 Å². The second kappa shape index (κ2) is 9.02. The van der Waals surface area contributed by atoms with Crippen LogP contribution >= 0.6 is 0 Å². The monoisotopic (exact) mass is 431 g/mol. The summed E-state index contributed by atoms with van der Waals surface area (Å²) in [4.78, 5) is 19.6. The van der Waals surface area contributed by atoms with Gasteiger partial charge in [0.2, 0.25) is 11.8 Å². The van der Waals surface area contributed by atoms with Crippen LogP contribution in [0.3, 0.4) is 0 Å². The number of carbonyl (C=O) groups excluding carboxylic acids is 1.